The molecule has 1 aromatic rings. The van der Waals surface area contributed by atoms with Crippen LogP contribution >= 0.6 is 22.6 Å². The molecule has 0 saturated carbocycles. The number of rotatable bonds is 3. The van der Waals surface area contributed by atoms with Crippen molar-refractivity contribution in [2.75, 3.05) is 0 Å². The van der Waals surface area contributed by atoms with Gasteiger partial charge in [-0.15, -0.1) is 0 Å². The number of carbonyl (C=O) groups excluding carboxylic acids is 1. The molecule has 0 saturated heterocycles. The zero-order valence-corrected chi connectivity index (χ0v) is 11.6. The van der Waals surface area contributed by atoms with Gasteiger partial charge in [-0.2, -0.15) is 0 Å². The molecule has 0 unspecified atom stereocenters. The molecule has 0 bridgehead atoms. The van der Waals surface area contributed by atoms with Gasteiger partial charge in [0.1, 0.15) is 0 Å². The molecule has 2 rings (SSSR count). The van der Waals surface area contributed by atoms with Gasteiger partial charge in [-0.05, 0) is 41.5 Å². The smallest absolute Gasteiger partial charge is 0.270 e. The standard InChI is InChI=1S/C12H11IN2O3/c13-11-6-5-9(15(17)18)7-10(11)12(16)14-8-3-1-2-4-8/h1-2,5-8H,3-4H2,(H,14,16). The van der Waals surface area contributed by atoms with E-state index in [4.69, 9.17) is 0 Å². The van der Waals surface area contributed by atoms with Crippen molar-refractivity contribution in [2.24, 2.45) is 0 Å². The fourth-order valence-corrected chi connectivity index (χ4v) is 2.38. The maximum atomic E-state index is 12.0. The van der Waals surface area contributed by atoms with E-state index in [1.54, 1.807) is 6.07 Å². The zero-order valence-electron chi connectivity index (χ0n) is 9.43. The molecular formula is C12H11IN2O3. The van der Waals surface area contributed by atoms with Gasteiger partial charge >= 0.3 is 0 Å². The van der Waals surface area contributed by atoms with Crippen LogP contribution in [-0.2, 0) is 0 Å². The number of amides is 1. The van der Waals surface area contributed by atoms with Gasteiger partial charge in [-0.25, -0.2) is 0 Å². The highest BCUT2D eigenvalue weighted by atomic mass is 127. The third-order valence-electron chi connectivity index (χ3n) is 2.75. The lowest BCUT2D eigenvalue weighted by molar-refractivity contribution is -0.384. The van der Waals surface area contributed by atoms with E-state index in [0.717, 1.165) is 12.8 Å². The molecule has 0 heterocycles. The summed E-state index contributed by atoms with van der Waals surface area (Å²) < 4.78 is 0.710. The molecule has 6 heteroatoms. The van der Waals surface area contributed by atoms with Crippen LogP contribution < -0.4 is 5.32 Å². The average Bonchev–Trinajstić information content (AvgIpc) is 2.81. The summed E-state index contributed by atoms with van der Waals surface area (Å²) in [5.74, 6) is -0.253. The maximum Gasteiger partial charge on any atom is 0.270 e. The fraction of sp³-hybridized carbons (Fsp3) is 0.250. The van der Waals surface area contributed by atoms with Crippen molar-refractivity contribution in [3.05, 3.63) is 49.6 Å². The Hall–Kier alpha value is -1.44. The fourth-order valence-electron chi connectivity index (χ4n) is 1.80. The molecule has 0 fully saturated rings. The van der Waals surface area contributed by atoms with Crippen molar-refractivity contribution in [3.8, 4) is 0 Å². The number of nitro groups is 1. The van der Waals surface area contributed by atoms with E-state index in [0.29, 0.717) is 9.13 Å². The minimum absolute atomic E-state index is 0.0647. The lowest BCUT2D eigenvalue weighted by Gasteiger charge is -2.12. The maximum absolute atomic E-state index is 12.0. The van der Waals surface area contributed by atoms with E-state index in [9.17, 15) is 14.9 Å². The minimum atomic E-state index is -0.496. The van der Waals surface area contributed by atoms with E-state index in [2.05, 4.69) is 5.32 Å². The van der Waals surface area contributed by atoms with Crippen LogP contribution in [-0.4, -0.2) is 16.9 Å². The van der Waals surface area contributed by atoms with E-state index < -0.39 is 4.92 Å². The number of nitrogens with one attached hydrogen (secondary N) is 1. The molecule has 0 radical (unpaired) electrons. The Morgan fingerprint density at radius 1 is 1.39 bits per heavy atom. The van der Waals surface area contributed by atoms with Gasteiger partial charge < -0.3 is 5.32 Å². The van der Waals surface area contributed by atoms with Gasteiger partial charge in [0.2, 0.25) is 0 Å². The van der Waals surface area contributed by atoms with Crippen molar-refractivity contribution < 1.29 is 9.72 Å². The molecule has 1 aromatic carbocycles. The van der Waals surface area contributed by atoms with Crippen LogP contribution in [0, 0.1) is 13.7 Å². The van der Waals surface area contributed by atoms with Crippen molar-refractivity contribution in [1.82, 2.24) is 5.32 Å². The van der Waals surface area contributed by atoms with Crippen LogP contribution in [0.25, 0.3) is 0 Å². The number of hydrogen-bond donors (Lipinski definition) is 1. The monoisotopic (exact) mass is 358 g/mol. The SMILES string of the molecule is O=C(NC1CC=CC1)c1cc([N+](=O)[O-])ccc1I. The van der Waals surface area contributed by atoms with Gasteiger partial charge in [0.05, 0.1) is 10.5 Å². The number of halogens is 1. The topological polar surface area (TPSA) is 72.2 Å². The van der Waals surface area contributed by atoms with Crippen LogP contribution in [0.2, 0.25) is 0 Å². The molecule has 0 spiro atoms. The zero-order chi connectivity index (χ0) is 13.1. The van der Waals surface area contributed by atoms with Gasteiger partial charge in [0.25, 0.3) is 11.6 Å². The van der Waals surface area contributed by atoms with E-state index in [-0.39, 0.29) is 17.6 Å². The highest BCUT2D eigenvalue weighted by molar-refractivity contribution is 14.1. The van der Waals surface area contributed by atoms with Gasteiger partial charge in [-0.1, -0.05) is 12.2 Å². The van der Waals surface area contributed by atoms with E-state index in [1.165, 1.54) is 12.1 Å². The molecule has 5 nitrogen and oxygen atoms in total. The lowest BCUT2D eigenvalue weighted by atomic mass is 10.1. The van der Waals surface area contributed by atoms with E-state index >= 15 is 0 Å². The summed E-state index contributed by atoms with van der Waals surface area (Å²) in [6.07, 6.45) is 5.67. The van der Waals surface area contributed by atoms with Crippen LogP contribution in [0.1, 0.15) is 23.2 Å². The number of non-ortho nitro benzene ring substituents is 1. The quantitative estimate of drug-likeness (QED) is 0.391. The molecule has 1 N–H and O–H groups in total. The number of hydrogen-bond acceptors (Lipinski definition) is 3. The highest BCUT2D eigenvalue weighted by Gasteiger charge is 2.19. The van der Waals surface area contributed by atoms with Gasteiger partial charge in [0, 0.05) is 21.7 Å². The minimum Gasteiger partial charge on any atom is -0.349 e. The Bertz CT molecular complexity index is 520. The van der Waals surface area contributed by atoms with Gasteiger partial charge in [0.15, 0.2) is 0 Å². The first-order valence-corrected chi connectivity index (χ1v) is 6.55. The first kappa shape index (κ1) is 13.0. The van der Waals surface area contributed by atoms with Crippen molar-refractivity contribution in [3.63, 3.8) is 0 Å². The summed E-state index contributed by atoms with van der Waals surface area (Å²) in [5.41, 5.74) is 0.293. The van der Waals surface area contributed by atoms with Crippen molar-refractivity contribution in [2.45, 2.75) is 18.9 Å². The molecule has 18 heavy (non-hydrogen) atoms. The molecule has 0 aliphatic heterocycles. The molecule has 94 valence electrons. The third kappa shape index (κ3) is 2.87. The summed E-state index contributed by atoms with van der Waals surface area (Å²) in [4.78, 5) is 22.2. The predicted octanol–water partition coefficient (Wildman–Crippen LogP) is 2.65. The molecule has 1 aliphatic carbocycles. The van der Waals surface area contributed by atoms with E-state index in [1.807, 2.05) is 34.7 Å². The Kier molecular flexibility index (Phi) is 3.95. The Morgan fingerprint density at radius 2 is 2.06 bits per heavy atom. The van der Waals surface area contributed by atoms with Crippen molar-refractivity contribution in [1.29, 1.82) is 0 Å². The second-order valence-electron chi connectivity index (χ2n) is 4.03. The van der Waals surface area contributed by atoms with Crippen LogP contribution in [0.3, 0.4) is 0 Å². The predicted molar refractivity (Wildman–Crippen MR) is 75.4 cm³/mol. The second-order valence-corrected chi connectivity index (χ2v) is 5.20. The molecule has 0 atom stereocenters. The molecular weight excluding hydrogens is 347 g/mol. The molecule has 1 aliphatic rings. The number of benzene rings is 1. The first-order chi connectivity index (χ1) is 8.58. The average molecular weight is 358 g/mol. The Labute approximate surface area is 118 Å². The van der Waals surface area contributed by atoms with Crippen LogP contribution in [0.15, 0.2) is 30.4 Å². The Balaban J connectivity index is 2.18. The lowest BCUT2D eigenvalue weighted by Crippen LogP contribution is -2.33. The number of nitrogens with zero attached hydrogens (tertiary/aromatic N) is 1. The summed E-state index contributed by atoms with van der Waals surface area (Å²) in [6.45, 7) is 0. The first-order valence-electron chi connectivity index (χ1n) is 5.47. The normalized spacial score (nSPS) is 14.7. The molecule has 1 amide bonds. The van der Waals surface area contributed by atoms with Gasteiger partial charge in [-0.3, -0.25) is 14.9 Å². The Morgan fingerprint density at radius 3 is 2.67 bits per heavy atom. The number of nitro benzene ring substituents is 1. The summed E-state index contributed by atoms with van der Waals surface area (Å²) in [5, 5.41) is 13.6. The van der Waals surface area contributed by atoms with Crippen LogP contribution in [0.5, 0.6) is 0 Å². The summed E-state index contributed by atoms with van der Waals surface area (Å²) in [7, 11) is 0. The number of carbonyl (C=O) groups is 1. The highest BCUT2D eigenvalue weighted by Crippen LogP contribution is 2.20. The third-order valence-corrected chi connectivity index (χ3v) is 3.69. The van der Waals surface area contributed by atoms with Crippen LogP contribution in [0.4, 0.5) is 5.69 Å². The molecule has 0 aromatic heterocycles. The summed E-state index contributed by atoms with van der Waals surface area (Å²) in [6, 6.07) is 4.41. The van der Waals surface area contributed by atoms with Crippen molar-refractivity contribution >= 4 is 34.2 Å². The second kappa shape index (κ2) is 5.47. The summed E-state index contributed by atoms with van der Waals surface area (Å²) >= 11 is 2.00. The largest absolute Gasteiger partial charge is 0.349 e.